The van der Waals surface area contributed by atoms with E-state index in [1.165, 1.54) is 77.0 Å². The van der Waals surface area contributed by atoms with Crippen molar-refractivity contribution in [1.29, 1.82) is 0 Å². The molecule has 25 heavy (non-hydrogen) atoms. The predicted octanol–water partition coefficient (Wildman–Crippen LogP) is 6.58. The summed E-state index contributed by atoms with van der Waals surface area (Å²) in [5.41, 5.74) is 0.240. The van der Waals surface area contributed by atoms with Gasteiger partial charge in [-0.25, -0.2) is 0 Å². The maximum atomic E-state index is 11.7. The number of unbranched alkanes of at least 4 members (excludes halogenated alkanes) is 12. The van der Waals surface area contributed by atoms with Gasteiger partial charge in [-0.2, -0.15) is 0 Å². The van der Waals surface area contributed by atoms with E-state index >= 15 is 0 Å². The van der Waals surface area contributed by atoms with E-state index in [0.717, 1.165) is 17.4 Å². The molecule has 0 heterocycles. The zero-order chi connectivity index (χ0) is 18.8. The molecule has 0 aromatic rings. The Morgan fingerprint density at radius 1 is 0.760 bits per heavy atom. The van der Waals surface area contributed by atoms with Gasteiger partial charge < -0.3 is 22.6 Å². The highest BCUT2D eigenvalue weighted by Gasteiger charge is 2.03. The third-order valence-electron chi connectivity index (χ3n) is 4.51. The zero-order valence-corrected chi connectivity index (χ0v) is 18.4. The summed E-state index contributed by atoms with van der Waals surface area (Å²) in [5, 5.41) is 0. The van der Waals surface area contributed by atoms with Crippen molar-refractivity contribution in [2.24, 2.45) is 0 Å². The fourth-order valence-corrected chi connectivity index (χ4v) is 3.34. The third-order valence-corrected chi connectivity index (χ3v) is 5.25. The van der Waals surface area contributed by atoms with Crippen molar-refractivity contribution in [3.05, 3.63) is 0 Å². The average Bonchev–Trinajstić information content (AvgIpc) is 2.55. The van der Waals surface area contributed by atoms with Crippen LogP contribution in [0.15, 0.2) is 0 Å². The summed E-state index contributed by atoms with van der Waals surface area (Å²) in [7, 11) is 6.96. The van der Waals surface area contributed by atoms with Crippen LogP contribution in [0.4, 0.5) is 0 Å². The van der Waals surface area contributed by atoms with Crippen LogP contribution in [0.25, 0.3) is 0 Å². The summed E-state index contributed by atoms with van der Waals surface area (Å²) in [6.45, 7) is 3.88. The van der Waals surface area contributed by atoms with Gasteiger partial charge in [0.1, 0.15) is 0 Å². The van der Waals surface area contributed by atoms with Gasteiger partial charge in [0.05, 0.1) is 34.3 Å². The second-order valence-electron chi connectivity index (χ2n) is 8.32. The molecule has 0 radical (unpaired) electrons. The predicted molar refractivity (Wildman–Crippen MR) is 111 cm³/mol. The summed E-state index contributed by atoms with van der Waals surface area (Å²) in [6, 6.07) is 0. The van der Waals surface area contributed by atoms with Crippen LogP contribution >= 0.6 is 8.81 Å². The molecule has 0 saturated carbocycles. The highest BCUT2D eigenvalue weighted by atomic mass is 31.1. The van der Waals surface area contributed by atoms with E-state index in [0.29, 0.717) is 21.8 Å². The number of hydrogen-bond acceptors (Lipinski definition) is 2. The maximum absolute atomic E-state index is 11.7. The minimum absolute atomic E-state index is 0.240. The second kappa shape index (κ2) is 17.4. The Kier molecular flexibility index (Phi) is 17.4. The van der Waals surface area contributed by atoms with Gasteiger partial charge in [0.2, 0.25) is 0 Å². The number of likely N-dealkylation sites (N-methyl/N-ethyl adjacent to an activating group) is 1. The van der Waals surface area contributed by atoms with Crippen molar-refractivity contribution in [3.63, 3.8) is 0 Å². The molecular weight excluding hydrogens is 329 g/mol. The summed E-state index contributed by atoms with van der Waals surface area (Å²) >= 11 is 0. The second-order valence-corrected chi connectivity index (χ2v) is 9.26. The minimum atomic E-state index is 0.240. The van der Waals surface area contributed by atoms with Gasteiger partial charge in [0, 0.05) is 5.52 Å². The molecule has 0 atom stereocenters. The number of carbonyl (C=O) groups excluding carboxylic acids is 1. The summed E-state index contributed by atoms with van der Waals surface area (Å²) in [5.74, 6) is 0. The molecule has 3 nitrogen and oxygen atoms in total. The van der Waals surface area contributed by atoms with Gasteiger partial charge in [0.25, 0.3) is 0 Å². The van der Waals surface area contributed by atoms with Crippen molar-refractivity contribution in [1.82, 2.24) is 0 Å². The molecule has 150 valence electrons. The zero-order valence-electron chi connectivity index (χ0n) is 17.5. The summed E-state index contributed by atoms with van der Waals surface area (Å²) < 4.78 is 6.32. The van der Waals surface area contributed by atoms with Crippen LogP contribution in [0.3, 0.4) is 0 Å². The van der Waals surface area contributed by atoms with E-state index in [1.807, 2.05) is 0 Å². The molecule has 0 bridgehead atoms. The molecule has 0 saturated heterocycles. The number of hydrogen-bond donors (Lipinski definition) is 0. The molecule has 0 aromatic heterocycles. The summed E-state index contributed by atoms with van der Waals surface area (Å²) in [4.78, 5) is 11.7. The van der Waals surface area contributed by atoms with E-state index in [2.05, 4.69) is 28.1 Å². The first kappa shape index (κ1) is 25.0. The van der Waals surface area contributed by atoms with Crippen molar-refractivity contribution >= 4 is 14.3 Å². The van der Waals surface area contributed by atoms with Crippen molar-refractivity contribution < 1.29 is 13.8 Å². The molecule has 0 N–H and O–H groups in total. The highest BCUT2D eigenvalue weighted by molar-refractivity contribution is 7.53. The Morgan fingerprint density at radius 2 is 1.20 bits per heavy atom. The molecule has 0 aliphatic carbocycles. The molecule has 0 aromatic carbocycles. The fraction of sp³-hybridized carbons (Fsp3) is 0.952. The molecule has 0 aliphatic rings. The monoisotopic (exact) mass is 373 g/mol. The standard InChI is InChI=1S/C21H44NO2P/c1-5-6-7-8-9-10-11-12-13-14-15-16-17-18-21(23)25-24-20-19-22(2,3)4/h5-20H2,1-4H3. The molecule has 0 fully saturated rings. The lowest BCUT2D eigenvalue weighted by Crippen LogP contribution is -2.37. The maximum Gasteiger partial charge on any atom is 0.0989 e. The van der Waals surface area contributed by atoms with Crippen molar-refractivity contribution in [2.45, 2.75) is 96.8 Å². The van der Waals surface area contributed by atoms with E-state index in [9.17, 15) is 4.79 Å². The van der Waals surface area contributed by atoms with Gasteiger partial charge in [-0.15, -0.1) is 0 Å². The van der Waals surface area contributed by atoms with Gasteiger partial charge in [-0.1, -0.05) is 84.0 Å². The molecule has 0 spiro atoms. The fourth-order valence-electron chi connectivity index (χ4n) is 2.77. The number of nitrogens with zero attached hydrogens (tertiary/aromatic N) is 1. The number of carbonyl (C=O) groups is 1. The largest absolute Gasteiger partial charge is 0.546 e. The lowest BCUT2D eigenvalue weighted by atomic mass is 10.0. The first-order chi connectivity index (χ1) is 12.0. The first-order valence-electron chi connectivity index (χ1n) is 10.6. The number of quaternary nitrogens is 1. The van der Waals surface area contributed by atoms with E-state index in [1.54, 1.807) is 0 Å². The SMILES string of the molecule is CCCCCCCCCCCCCCCC(=O)[P-]OCC[N+](C)(C)C. The van der Waals surface area contributed by atoms with Crippen LogP contribution in [0.1, 0.15) is 96.8 Å². The molecule has 0 aliphatic heterocycles. The van der Waals surface area contributed by atoms with E-state index in [4.69, 9.17) is 4.52 Å². The Bertz CT molecular complexity index is 303. The lowest BCUT2D eigenvalue weighted by molar-refractivity contribution is -0.870. The quantitative estimate of drug-likeness (QED) is 0.145. The van der Waals surface area contributed by atoms with Gasteiger partial charge >= 0.3 is 0 Å². The van der Waals surface area contributed by atoms with Crippen molar-refractivity contribution in [2.75, 3.05) is 34.3 Å². The van der Waals surface area contributed by atoms with Crippen LogP contribution in [-0.2, 0) is 9.32 Å². The molecule has 4 heteroatoms. The Balaban J connectivity index is 3.18. The number of rotatable bonds is 19. The minimum Gasteiger partial charge on any atom is -0.546 e. The van der Waals surface area contributed by atoms with Crippen LogP contribution in [-0.4, -0.2) is 44.3 Å². The van der Waals surface area contributed by atoms with Crippen LogP contribution < -0.4 is 0 Å². The Hall–Kier alpha value is 0.0200. The lowest BCUT2D eigenvalue weighted by Gasteiger charge is -2.26. The van der Waals surface area contributed by atoms with Crippen LogP contribution in [0, 0.1) is 0 Å². The van der Waals surface area contributed by atoms with E-state index < -0.39 is 0 Å². The molecule has 0 rings (SSSR count). The van der Waals surface area contributed by atoms with Gasteiger partial charge in [0.15, 0.2) is 0 Å². The average molecular weight is 374 g/mol. The highest BCUT2D eigenvalue weighted by Crippen LogP contribution is 2.19. The van der Waals surface area contributed by atoms with Crippen LogP contribution in [0.5, 0.6) is 0 Å². The normalized spacial score (nSPS) is 12.3. The Labute approximate surface area is 159 Å². The topological polar surface area (TPSA) is 26.3 Å². The first-order valence-corrected chi connectivity index (χ1v) is 11.4. The van der Waals surface area contributed by atoms with E-state index in [-0.39, 0.29) is 5.52 Å². The molecular formula is C21H44NO2P. The van der Waals surface area contributed by atoms with Crippen LogP contribution in [0.2, 0.25) is 0 Å². The molecule has 0 amide bonds. The smallest absolute Gasteiger partial charge is 0.0989 e. The van der Waals surface area contributed by atoms with Gasteiger partial charge in [-0.3, -0.25) is 0 Å². The summed E-state index contributed by atoms with van der Waals surface area (Å²) in [6.07, 6.45) is 18.2. The Morgan fingerprint density at radius 3 is 1.64 bits per heavy atom. The van der Waals surface area contributed by atoms with Gasteiger partial charge in [-0.05, 0) is 12.8 Å². The molecule has 0 unspecified atom stereocenters. The third kappa shape index (κ3) is 22.0. The van der Waals surface area contributed by atoms with Crippen molar-refractivity contribution in [3.8, 4) is 0 Å².